The Morgan fingerprint density at radius 1 is 1.27 bits per heavy atom. The highest BCUT2D eigenvalue weighted by molar-refractivity contribution is 6.80. The zero-order valence-corrected chi connectivity index (χ0v) is 7.97. The number of hydrogen-bond acceptors (Lipinski definition) is 3. The molecule has 0 aromatic rings. The number of alkyl halides is 3. The van der Waals surface area contributed by atoms with E-state index in [-0.39, 0.29) is 0 Å². The lowest BCUT2D eigenvalue weighted by molar-refractivity contribution is -0.150. The summed E-state index contributed by atoms with van der Waals surface area (Å²) in [4.78, 5) is 20.3. The predicted octanol–water partition coefficient (Wildman–Crippen LogP) is 1.67. The van der Waals surface area contributed by atoms with Crippen molar-refractivity contribution >= 4 is 57.6 Å². The van der Waals surface area contributed by atoms with Gasteiger partial charge in [0.1, 0.15) is 6.61 Å². The van der Waals surface area contributed by atoms with Crippen LogP contribution in [0, 0.1) is 0 Å². The zero-order chi connectivity index (χ0) is 9.07. The Kier molecular flexibility index (Phi) is 4.48. The largest absolute Gasteiger partial charge is 0.454 e. The molecule has 0 aliphatic heterocycles. The molecule has 0 unspecified atom stereocenters. The van der Waals surface area contributed by atoms with E-state index in [0.717, 1.165) is 0 Å². The van der Waals surface area contributed by atoms with Gasteiger partial charge in [0.25, 0.3) is 0 Å². The van der Waals surface area contributed by atoms with E-state index in [1.54, 1.807) is 0 Å². The minimum atomic E-state index is -1.72. The molecule has 0 aromatic heterocycles. The third-order valence-electron chi connectivity index (χ3n) is 0.527. The zero-order valence-electron chi connectivity index (χ0n) is 4.94. The fourth-order valence-corrected chi connectivity index (χ4v) is 0.422. The first-order valence-corrected chi connectivity index (χ1v) is 3.77. The molecule has 7 heteroatoms. The quantitative estimate of drug-likeness (QED) is 0.319. The first-order chi connectivity index (χ1) is 4.83. The van der Waals surface area contributed by atoms with Crippen LogP contribution in [0.2, 0.25) is 0 Å². The summed E-state index contributed by atoms with van der Waals surface area (Å²) in [6.45, 7) is -0.505. The Morgan fingerprint density at radius 3 is 2.00 bits per heavy atom. The molecule has 64 valence electrons. The lowest BCUT2D eigenvalue weighted by Crippen LogP contribution is -2.20. The number of halogens is 4. The van der Waals surface area contributed by atoms with Crippen molar-refractivity contribution in [3.05, 3.63) is 0 Å². The minimum Gasteiger partial charge on any atom is -0.454 e. The van der Waals surface area contributed by atoms with Gasteiger partial charge in [-0.25, -0.2) is 4.79 Å². The standard InChI is InChI=1S/C4H2Cl4O3/c5-2(9)3(10)11-1-4(6,7)8/h1H2. The normalized spacial score (nSPS) is 10.9. The molecule has 11 heavy (non-hydrogen) atoms. The van der Waals surface area contributed by atoms with Crippen molar-refractivity contribution in [3.8, 4) is 0 Å². The fourth-order valence-electron chi connectivity index (χ4n) is 0.204. The Balaban J connectivity index is 3.73. The van der Waals surface area contributed by atoms with Crippen molar-refractivity contribution in [1.82, 2.24) is 0 Å². The van der Waals surface area contributed by atoms with Crippen LogP contribution >= 0.6 is 46.4 Å². The van der Waals surface area contributed by atoms with Gasteiger partial charge in [0.2, 0.25) is 3.79 Å². The molecule has 0 saturated heterocycles. The highest BCUT2D eigenvalue weighted by atomic mass is 35.6. The van der Waals surface area contributed by atoms with Crippen molar-refractivity contribution in [2.24, 2.45) is 0 Å². The van der Waals surface area contributed by atoms with Crippen LogP contribution in [0.3, 0.4) is 0 Å². The molecule has 0 rings (SSSR count). The van der Waals surface area contributed by atoms with Gasteiger partial charge in [0, 0.05) is 0 Å². The molecular weight excluding hydrogens is 238 g/mol. The van der Waals surface area contributed by atoms with Crippen molar-refractivity contribution in [3.63, 3.8) is 0 Å². The molecule has 0 N–H and O–H groups in total. The molecule has 0 saturated carbocycles. The van der Waals surface area contributed by atoms with Gasteiger partial charge in [0.05, 0.1) is 0 Å². The summed E-state index contributed by atoms with van der Waals surface area (Å²) in [6, 6.07) is 0. The summed E-state index contributed by atoms with van der Waals surface area (Å²) in [7, 11) is 0. The van der Waals surface area contributed by atoms with E-state index in [0.29, 0.717) is 0 Å². The maximum absolute atomic E-state index is 10.3. The van der Waals surface area contributed by atoms with Crippen molar-refractivity contribution in [1.29, 1.82) is 0 Å². The summed E-state index contributed by atoms with van der Waals surface area (Å²) in [5.74, 6) is -1.24. The number of carbonyl (C=O) groups excluding carboxylic acids is 2. The van der Waals surface area contributed by atoms with Gasteiger partial charge in [-0.1, -0.05) is 34.8 Å². The molecule has 0 aromatic carbocycles. The topological polar surface area (TPSA) is 43.4 Å². The smallest absolute Gasteiger partial charge is 0.391 e. The van der Waals surface area contributed by atoms with Gasteiger partial charge in [-0.3, -0.25) is 4.79 Å². The second-order valence-corrected chi connectivity index (χ2v) is 4.32. The number of hydrogen-bond donors (Lipinski definition) is 0. The number of carbonyl (C=O) groups is 2. The molecule has 0 heterocycles. The molecule has 0 radical (unpaired) electrons. The van der Waals surface area contributed by atoms with E-state index in [4.69, 9.17) is 46.4 Å². The van der Waals surface area contributed by atoms with Gasteiger partial charge < -0.3 is 4.74 Å². The Labute approximate surface area is 82.5 Å². The fraction of sp³-hybridized carbons (Fsp3) is 0.500. The lowest BCUT2D eigenvalue weighted by Gasteiger charge is -2.08. The van der Waals surface area contributed by atoms with E-state index in [9.17, 15) is 9.59 Å². The second-order valence-electron chi connectivity index (χ2n) is 1.47. The lowest BCUT2D eigenvalue weighted by atomic mass is 10.7. The van der Waals surface area contributed by atoms with Crippen molar-refractivity contribution in [2.75, 3.05) is 6.61 Å². The highest BCUT2D eigenvalue weighted by Gasteiger charge is 2.23. The maximum Gasteiger partial charge on any atom is 0.391 e. The second kappa shape index (κ2) is 4.36. The van der Waals surface area contributed by atoms with Crippen LogP contribution < -0.4 is 0 Å². The Morgan fingerprint density at radius 2 is 1.73 bits per heavy atom. The van der Waals surface area contributed by atoms with Crippen molar-refractivity contribution in [2.45, 2.75) is 3.79 Å². The summed E-state index contributed by atoms with van der Waals surface area (Å²) < 4.78 is 2.43. The molecule has 0 fully saturated rings. The molecular formula is C4H2Cl4O3. The molecule has 0 bridgehead atoms. The highest BCUT2D eigenvalue weighted by Crippen LogP contribution is 2.25. The van der Waals surface area contributed by atoms with E-state index >= 15 is 0 Å². The Bertz CT molecular complexity index is 173. The maximum atomic E-state index is 10.3. The first kappa shape index (κ1) is 11.3. The summed E-state index contributed by atoms with van der Waals surface area (Å²) >= 11 is 20.3. The van der Waals surface area contributed by atoms with E-state index < -0.39 is 21.6 Å². The molecule has 0 amide bonds. The van der Waals surface area contributed by atoms with Crippen LogP contribution in [-0.4, -0.2) is 21.6 Å². The van der Waals surface area contributed by atoms with E-state index in [1.165, 1.54) is 0 Å². The van der Waals surface area contributed by atoms with E-state index in [1.807, 2.05) is 0 Å². The number of rotatable bonds is 2. The Hall–Kier alpha value is 0.300. The number of esters is 1. The van der Waals surface area contributed by atoms with Crippen LogP contribution in [0.1, 0.15) is 0 Å². The average molecular weight is 240 g/mol. The van der Waals surface area contributed by atoms with E-state index in [2.05, 4.69) is 4.74 Å². The SMILES string of the molecule is O=C(Cl)C(=O)OCC(Cl)(Cl)Cl. The van der Waals surface area contributed by atoms with Crippen LogP contribution in [0.25, 0.3) is 0 Å². The van der Waals surface area contributed by atoms with Crippen LogP contribution in [0.15, 0.2) is 0 Å². The van der Waals surface area contributed by atoms with Crippen molar-refractivity contribution < 1.29 is 14.3 Å². The van der Waals surface area contributed by atoms with Gasteiger partial charge >= 0.3 is 11.2 Å². The summed E-state index contributed by atoms with van der Waals surface area (Å²) in [6.07, 6.45) is 0. The molecule has 0 atom stereocenters. The first-order valence-electron chi connectivity index (χ1n) is 2.26. The third-order valence-corrected chi connectivity index (χ3v) is 1.01. The van der Waals surface area contributed by atoms with Crippen LogP contribution in [0.4, 0.5) is 0 Å². The predicted molar refractivity (Wildman–Crippen MR) is 42.1 cm³/mol. The average Bonchev–Trinajstić information content (AvgIpc) is 1.80. The molecule has 0 spiro atoms. The third kappa shape index (κ3) is 6.69. The number of ether oxygens (including phenoxy) is 1. The molecule has 0 aliphatic carbocycles. The van der Waals surface area contributed by atoms with Gasteiger partial charge in [-0.2, -0.15) is 0 Å². The summed E-state index contributed by atoms with van der Waals surface area (Å²) in [5.41, 5.74) is 0. The summed E-state index contributed by atoms with van der Waals surface area (Å²) in [5, 5.41) is -1.25. The molecule has 3 nitrogen and oxygen atoms in total. The van der Waals surface area contributed by atoms with Gasteiger partial charge in [-0.15, -0.1) is 0 Å². The minimum absolute atomic E-state index is 0.505. The monoisotopic (exact) mass is 238 g/mol. The van der Waals surface area contributed by atoms with Gasteiger partial charge in [-0.05, 0) is 11.6 Å². The van der Waals surface area contributed by atoms with Crippen LogP contribution in [-0.2, 0) is 14.3 Å². The van der Waals surface area contributed by atoms with Gasteiger partial charge in [0.15, 0.2) is 0 Å². The van der Waals surface area contributed by atoms with Crippen LogP contribution in [0.5, 0.6) is 0 Å². The molecule has 0 aliphatic rings.